The van der Waals surface area contributed by atoms with E-state index in [2.05, 4.69) is 20.9 Å². The number of rotatable bonds is 7. The lowest BCUT2D eigenvalue weighted by Crippen LogP contribution is -2.34. The molecule has 0 N–H and O–H groups in total. The van der Waals surface area contributed by atoms with Crippen molar-refractivity contribution in [1.29, 1.82) is 0 Å². The molecular weight excluding hydrogens is 492 g/mol. The van der Waals surface area contributed by atoms with E-state index in [1.807, 2.05) is 65.9 Å². The van der Waals surface area contributed by atoms with Crippen molar-refractivity contribution in [2.24, 2.45) is 4.99 Å². The fraction of sp³-hybridized carbons (Fsp3) is 0.250. The number of methoxy groups -OCH3 is 1. The summed E-state index contributed by atoms with van der Waals surface area (Å²) in [4.78, 5) is 19.5. The van der Waals surface area contributed by atoms with Gasteiger partial charge in [-0.1, -0.05) is 58.0 Å². The Labute approximate surface area is 200 Å². The number of halogens is 1. The fourth-order valence-electron chi connectivity index (χ4n) is 3.64. The number of fused-ring (bicyclic) bond motifs is 1. The van der Waals surface area contributed by atoms with Crippen LogP contribution in [0.2, 0.25) is 0 Å². The fourth-order valence-corrected chi connectivity index (χ4v) is 4.97. The molecule has 2 aliphatic rings. The van der Waals surface area contributed by atoms with Crippen molar-refractivity contribution >= 4 is 38.8 Å². The van der Waals surface area contributed by atoms with E-state index in [0.29, 0.717) is 36.0 Å². The van der Waals surface area contributed by atoms with Crippen LogP contribution in [0.1, 0.15) is 31.0 Å². The molecule has 8 heteroatoms. The van der Waals surface area contributed by atoms with Crippen molar-refractivity contribution in [3.05, 3.63) is 80.9 Å². The number of thioether (sulfide) groups is 1. The molecule has 2 aromatic rings. The predicted molar refractivity (Wildman–Crippen MR) is 130 cm³/mol. The van der Waals surface area contributed by atoms with Gasteiger partial charge in [0.25, 0.3) is 0 Å². The molecule has 0 aliphatic carbocycles. The number of benzene rings is 2. The van der Waals surface area contributed by atoms with Crippen molar-refractivity contribution in [2.45, 2.75) is 26.5 Å². The Morgan fingerprint density at radius 3 is 2.72 bits per heavy atom. The zero-order valence-corrected chi connectivity index (χ0v) is 20.4. The Hall–Kier alpha value is -2.71. The maximum absolute atomic E-state index is 12.9. The summed E-state index contributed by atoms with van der Waals surface area (Å²) in [5.41, 5.74) is 3.07. The summed E-state index contributed by atoms with van der Waals surface area (Å²) in [6.45, 7) is 4.34. The van der Waals surface area contributed by atoms with E-state index in [1.54, 1.807) is 14.0 Å². The number of hydrogen-bond donors (Lipinski definition) is 0. The van der Waals surface area contributed by atoms with E-state index in [9.17, 15) is 4.79 Å². The molecule has 4 rings (SSSR count). The second kappa shape index (κ2) is 9.83. The number of nitrogens with zero attached hydrogens (tertiary/aromatic N) is 2. The van der Waals surface area contributed by atoms with E-state index in [1.165, 1.54) is 11.8 Å². The third-order valence-corrected chi connectivity index (χ3v) is 6.59. The third kappa shape index (κ3) is 4.42. The number of aliphatic imine (C=N–C) groups is 1. The van der Waals surface area contributed by atoms with Crippen molar-refractivity contribution in [1.82, 2.24) is 4.90 Å². The van der Waals surface area contributed by atoms with E-state index in [4.69, 9.17) is 14.2 Å². The van der Waals surface area contributed by atoms with Gasteiger partial charge in [-0.25, -0.2) is 9.79 Å². The van der Waals surface area contributed by atoms with Gasteiger partial charge in [0, 0.05) is 10.7 Å². The SMILES string of the molecule is CCOC(=O)C1=C(C)N=C2SC=CN2[C@H]1c1cc(OC)c(OCc2ccccc2)cc1Br. The largest absolute Gasteiger partial charge is 0.493 e. The number of ether oxygens (including phenoxy) is 3. The van der Waals surface area contributed by atoms with Gasteiger partial charge in [-0.05, 0) is 42.5 Å². The maximum Gasteiger partial charge on any atom is 0.338 e. The zero-order valence-electron chi connectivity index (χ0n) is 18.0. The zero-order chi connectivity index (χ0) is 22.7. The molecule has 0 amide bonds. The van der Waals surface area contributed by atoms with Crippen LogP contribution in [-0.2, 0) is 16.1 Å². The average Bonchev–Trinajstić information content (AvgIpc) is 3.26. The van der Waals surface area contributed by atoms with Crippen LogP contribution in [0.3, 0.4) is 0 Å². The first-order valence-electron chi connectivity index (χ1n) is 10.2. The minimum Gasteiger partial charge on any atom is -0.493 e. The molecule has 0 aromatic heterocycles. The van der Waals surface area contributed by atoms with Gasteiger partial charge in [0.05, 0.1) is 31.0 Å². The number of esters is 1. The summed E-state index contributed by atoms with van der Waals surface area (Å²) in [5.74, 6) is 0.819. The molecule has 6 nitrogen and oxygen atoms in total. The molecular formula is C24H23BrN2O4S. The molecule has 2 aliphatic heterocycles. The van der Waals surface area contributed by atoms with Gasteiger partial charge in [0.1, 0.15) is 6.61 Å². The molecule has 0 saturated carbocycles. The van der Waals surface area contributed by atoms with Crippen LogP contribution in [0, 0.1) is 0 Å². The number of allylic oxidation sites excluding steroid dienone is 1. The van der Waals surface area contributed by atoms with Crippen LogP contribution < -0.4 is 9.47 Å². The first kappa shape index (κ1) is 22.5. The molecule has 2 heterocycles. The van der Waals surface area contributed by atoms with Crippen molar-refractivity contribution in [3.8, 4) is 11.5 Å². The van der Waals surface area contributed by atoms with Crippen LogP contribution >= 0.6 is 27.7 Å². The molecule has 0 saturated heterocycles. The lowest BCUT2D eigenvalue weighted by molar-refractivity contribution is -0.139. The first-order chi connectivity index (χ1) is 15.5. The van der Waals surface area contributed by atoms with Crippen molar-refractivity contribution in [2.75, 3.05) is 13.7 Å². The Balaban J connectivity index is 1.73. The van der Waals surface area contributed by atoms with Gasteiger partial charge in [-0.15, -0.1) is 0 Å². The molecule has 0 bridgehead atoms. The highest BCUT2D eigenvalue weighted by Gasteiger charge is 2.38. The lowest BCUT2D eigenvalue weighted by Gasteiger charge is -2.34. The molecule has 0 fully saturated rings. The number of hydrogen-bond acceptors (Lipinski definition) is 7. The van der Waals surface area contributed by atoms with Crippen molar-refractivity contribution in [3.63, 3.8) is 0 Å². The maximum atomic E-state index is 12.9. The van der Waals surface area contributed by atoms with E-state index < -0.39 is 6.04 Å². The Bertz CT molecular complexity index is 1110. The summed E-state index contributed by atoms with van der Waals surface area (Å²) in [7, 11) is 1.61. The van der Waals surface area contributed by atoms with E-state index in [-0.39, 0.29) is 5.97 Å². The summed E-state index contributed by atoms with van der Waals surface area (Å²) in [6, 6.07) is 13.3. The second-order valence-electron chi connectivity index (χ2n) is 7.13. The highest BCUT2D eigenvalue weighted by atomic mass is 79.9. The van der Waals surface area contributed by atoms with Crippen LogP contribution in [0.5, 0.6) is 11.5 Å². The molecule has 2 aromatic carbocycles. The average molecular weight is 515 g/mol. The van der Waals surface area contributed by atoms with Gasteiger partial charge in [-0.2, -0.15) is 0 Å². The first-order valence-corrected chi connectivity index (χ1v) is 11.8. The van der Waals surface area contributed by atoms with Crippen LogP contribution in [0.4, 0.5) is 0 Å². The van der Waals surface area contributed by atoms with Gasteiger partial charge in [0.2, 0.25) is 0 Å². The third-order valence-electron chi connectivity index (χ3n) is 5.13. The smallest absolute Gasteiger partial charge is 0.338 e. The van der Waals surface area contributed by atoms with Gasteiger partial charge < -0.3 is 19.1 Å². The van der Waals surface area contributed by atoms with E-state index in [0.717, 1.165) is 20.8 Å². The molecule has 0 spiro atoms. The highest BCUT2D eigenvalue weighted by molar-refractivity contribution is 9.10. The summed E-state index contributed by atoms with van der Waals surface area (Å²) < 4.78 is 17.9. The highest BCUT2D eigenvalue weighted by Crippen LogP contribution is 2.46. The molecule has 1 atom stereocenters. The Morgan fingerprint density at radius 2 is 2.00 bits per heavy atom. The van der Waals surface area contributed by atoms with Gasteiger partial charge in [-0.3, -0.25) is 0 Å². The predicted octanol–water partition coefficient (Wildman–Crippen LogP) is 5.80. The molecule has 32 heavy (non-hydrogen) atoms. The number of carbonyl (C=O) groups is 1. The minimum atomic E-state index is -0.403. The van der Waals surface area contributed by atoms with Gasteiger partial charge >= 0.3 is 5.97 Å². The molecule has 0 radical (unpaired) electrons. The summed E-state index contributed by atoms with van der Waals surface area (Å²) in [5, 5.41) is 2.77. The van der Waals surface area contributed by atoms with Crippen LogP contribution in [0.25, 0.3) is 0 Å². The van der Waals surface area contributed by atoms with E-state index >= 15 is 0 Å². The topological polar surface area (TPSA) is 60.4 Å². The van der Waals surface area contributed by atoms with Crippen molar-refractivity contribution < 1.29 is 19.0 Å². The van der Waals surface area contributed by atoms with Gasteiger partial charge in [0.15, 0.2) is 16.7 Å². The molecule has 0 unspecified atom stereocenters. The molecule has 166 valence electrons. The normalized spacial score (nSPS) is 17.2. The lowest BCUT2D eigenvalue weighted by atomic mass is 9.94. The monoisotopic (exact) mass is 514 g/mol. The quantitative estimate of drug-likeness (QED) is 0.434. The number of carbonyl (C=O) groups excluding carboxylic acids is 1. The summed E-state index contributed by atoms with van der Waals surface area (Å²) in [6.07, 6.45) is 1.93. The van der Waals surface area contributed by atoms with Crippen LogP contribution in [0.15, 0.2) is 74.8 Å². The van der Waals surface area contributed by atoms with Crippen LogP contribution in [-0.4, -0.2) is 29.8 Å². The Kier molecular flexibility index (Phi) is 6.91. The minimum absolute atomic E-state index is 0.292. The standard InChI is InChI=1S/C24H23BrN2O4S/c1-4-30-23(28)21-15(2)26-24-27(10-11-32-24)22(21)17-12-19(29-3)20(13-18(17)25)31-14-16-8-6-5-7-9-16/h5-13,22H,4,14H2,1-3H3/t22-/m0/s1. The number of amidine groups is 1. The summed E-state index contributed by atoms with van der Waals surface area (Å²) >= 11 is 5.22. The second-order valence-corrected chi connectivity index (χ2v) is 8.85. The Morgan fingerprint density at radius 1 is 1.22 bits per heavy atom.